The van der Waals surface area contributed by atoms with Gasteiger partial charge >= 0.3 is 0 Å². The summed E-state index contributed by atoms with van der Waals surface area (Å²) in [6.45, 7) is 2.53. The van der Waals surface area contributed by atoms with E-state index in [2.05, 4.69) is 41.0 Å². The van der Waals surface area contributed by atoms with Crippen molar-refractivity contribution in [3.05, 3.63) is 35.9 Å². The lowest BCUT2D eigenvalue weighted by Crippen LogP contribution is -2.47. The average molecular weight is 211 g/mol. The monoisotopic (exact) mass is 211 g/mol. The summed E-state index contributed by atoms with van der Waals surface area (Å²) in [6.07, 6.45) is 4.08. The minimum absolute atomic E-state index is 0.521. The van der Waals surface area contributed by atoms with Gasteiger partial charge in [-0.15, -0.1) is 0 Å². The van der Waals surface area contributed by atoms with E-state index in [0.29, 0.717) is 6.04 Å². The van der Waals surface area contributed by atoms with Crippen molar-refractivity contribution in [3.63, 3.8) is 0 Å². The van der Waals surface area contributed by atoms with Gasteiger partial charge in [-0.05, 0) is 50.4 Å². The Hall–Kier alpha value is -1.26. The van der Waals surface area contributed by atoms with Crippen LogP contribution in [0.25, 0.3) is 0 Å². The zero-order chi connectivity index (χ0) is 10.8. The molecule has 4 rings (SSSR count). The predicted octanol–water partition coefficient (Wildman–Crippen LogP) is 2.52. The topological polar surface area (TPSA) is 3.24 Å². The van der Waals surface area contributed by atoms with Crippen LogP contribution in [0.4, 0.5) is 0 Å². The number of nitrogens with zero attached hydrogens (tertiary/aromatic N) is 1. The van der Waals surface area contributed by atoms with E-state index in [4.69, 9.17) is 0 Å². The molecular weight excluding hydrogens is 194 g/mol. The molecule has 0 saturated carbocycles. The maximum Gasteiger partial charge on any atom is 0.0721 e. The first-order valence-corrected chi connectivity index (χ1v) is 6.22. The summed E-state index contributed by atoms with van der Waals surface area (Å²) >= 11 is 0. The van der Waals surface area contributed by atoms with Crippen molar-refractivity contribution in [2.24, 2.45) is 5.92 Å². The Morgan fingerprint density at radius 1 is 1.06 bits per heavy atom. The van der Waals surface area contributed by atoms with E-state index in [9.17, 15) is 0 Å². The van der Waals surface area contributed by atoms with E-state index in [-0.39, 0.29) is 0 Å². The predicted molar refractivity (Wildman–Crippen MR) is 66.0 cm³/mol. The molecule has 0 spiro atoms. The molecule has 1 aromatic rings. The molecule has 3 saturated heterocycles. The lowest BCUT2D eigenvalue weighted by atomic mass is 9.83. The molecule has 1 unspecified atom stereocenters. The number of fused-ring (bicyclic) bond motifs is 3. The van der Waals surface area contributed by atoms with Crippen LogP contribution in [0.1, 0.15) is 24.8 Å². The standard InChI is InChI=1S/C15H17N/c1-2-4-13(5-3-1)6-7-15-12-14-8-10-16(15)11-9-14/h1-5,14-15H,8-12H2. The molecule has 82 valence electrons. The average Bonchev–Trinajstić information content (AvgIpc) is 2.39. The van der Waals surface area contributed by atoms with Crippen molar-refractivity contribution in [1.82, 2.24) is 4.90 Å². The van der Waals surface area contributed by atoms with Crippen LogP contribution in [-0.2, 0) is 0 Å². The molecule has 3 aliphatic rings. The minimum atomic E-state index is 0.521. The van der Waals surface area contributed by atoms with Gasteiger partial charge in [0.1, 0.15) is 0 Å². The van der Waals surface area contributed by atoms with Gasteiger partial charge in [-0.1, -0.05) is 30.0 Å². The van der Waals surface area contributed by atoms with Crippen molar-refractivity contribution >= 4 is 0 Å². The van der Waals surface area contributed by atoms with Crippen LogP contribution < -0.4 is 0 Å². The van der Waals surface area contributed by atoms with Crippen LogP contribution in [0.5, 0.6) is 0 Å². The molecule has 1 aromatic carbocycles. The van der Waals surface area contributed by atoms with E-state index < -0.39 is 0 Å². The quantitative estimate of drug-likeness (QED) is 0.596. The van der Waals surface area contributed by atoms with Gasteiger partial charge in [0.05, 0.1) is 6.04 Å². The first kappa shape index (κ1) is 9.93. The van der Waals surface area contributed by atoms with Crippen LogP contribution in [0.2, 0.25) is 0 Å². The Balaban J connectivity index is 1.74. The number of hydrogen-bond acceptors (Lipinski definition) is 1. The van der Waals surface area contributed by atoms with E-state index in [1.807, 2.05) is 6.07 Å². The molecule has 2 bridgehead atoms. The maximum atomic E-state index is 3.45. The Kier molecular flexibility index (Phi) is 2.68. The van der Waals surface area contributed by atoms with E-state index in [1.165, 1.54) is 32.4 Å². The number of hydrogen-bond donors (Lipinski definition) is 0. The normalized spacial score (nSPS) is 31.9. The molecule has 0 radical (unpaired) electrons. The lowest BCUT2D eigenvalue weighted by Gasteiger charge is -2.43. The Morgan fingerprint density at radius 3 is 2.44 bits per heavy atom. The molecule has 0 aromatic heterocycles. The van der Waals surface area contributed by atoms with Crippen molar-refractivity contribution in [1.29, 1.82) is 0 Å². The van der Waals surface area contributed by atoms with E-state index in [1.54, 1.807) is 0 Å². The van der Waals surface area contributed by atoms with Gasteiger partial charge in [0.15, 0.2) is 0 Å². The van der Waals surface area contributed by atoms with Gasteiger partial charge in [0.2, 0.25) is 0 Å². The molecule has 1 heteroatoms. The first-order chi connectivity index (χ1) is 7.92. The van der Waals surface area contributed by atoms with Crippen LogP contribution >= 0.6 is 0 Å². The third-order valence-electron chi connectivity index (χ3n) is 3.80. The highest BCUT2D eigenvalue weighted by Crippen LogP contribution is 2.31. The maximum absolute atomic E-state index is 3.45. The SMILES string of the molecule is C(#CC1CC2CCN1CC2)c1ccccc1. The summed E-state index contributed by atoms with van der Waals surface area (Å²) in [7, 11) is 0. The third-order valence-corrected chi connectivity index (χ3v) is 3.80. The molecule has 3 aliphatic heterocycles. The van der Waals surface area contributed by atoms with Crippen LogP contribution in [-0.4, -0.2) is 24.0 Å². The van der Waals surface area contributed by atoms with Crippen LogP contribution in [0, 0.1) is 17.8 Å². The number of piperidine rings is 3. The fourth-order valence-electron chi connectivity index (χ4n) is 2.80. The fraction of sp³-hybridized carbons (Fsp3) is 0.467. The third kappa shape index (κ3) is 1.99. The van der Waals surface area contributed by atoms with Crippen LogP contribution in [0.3, 0.4) is 0 Å². The molecule has 1 atom stereocenters. The molecule has 3 heterocycles. The van der Waals surface area contributed by atoms with Crippen molar-refractivity contribution in [3.8, 4) is 11.8 Å². The smallest absolute Gasteiger partial charge is 0.0721 e. The highest BCUT2D eigenvalue weighted by molar-refractivity contribution is 5.35. The Labute approximate surface area is 97.5 Å². The highest BCUT2D eigenvalue weighted by Gasteiger charge is 2.32. The summed E-state index contributed by atoms with van der Waals surface area (Å²) < 4.78 is 0. The second-order valence-corrected chi connectivity index (χ2v) is 4.87. The molecule has 0 N–H and O–H groups in total. The van der Waals surface area contributed by atoms with Gasteiger partial charge in [-0.2, -0.15) is 0 Å². The van der Waals surface area contributed by atoms with Gasteiger partial charge < -0.3 is 0 Å². The second-order valence-electron chi connectivity index (χ2n) is 4.87. The van der Waals surface area contributed by atoms with Gasteiger partial charge in [-0.3, -0.25) is 4.90 Å². The summed E-state index contributed by atoms with van der Waals surface area (Å²) in [5.41, 5.74) is 1.14. The minimum Gasteiger partial charge on any atom is -0.290 e. The zero-order valence-electron chi connectivity index (χ0n) is 9.52. The molecule has 0 aliphatic carbocycles. The second kappa shape index (κ2) is 4.31. The molecule has 3 fully saturated rings. The van der Waals surface area contributed by atoms with Gasteiger partial charge in [0.25, 0.3) is 0 Å². The highest BCUT2D eigenvalue weighted by atomic mass is 15.2. The van der Waals surface area contributed by atoms with E-state index >= 15 is 0 Å². The fourth-order valence-corrected chi connectivity index (χ4v) is 2.80. The van der Waals surface area contributed by atoms with Crippen molar-refractivity contribution < 1.29 is 0 Å². The Bertz CT molecular complexity index is 404. The molecular formula is C15H17N. The number of rotatable bonds is 0. The van der Waals surface area contributed by atoms with Crippen molar-refractivity contribution in [2.75, 3.05) is 13.1 Å². The first-order valence-electron chi connectivity index (χ1n) is 6.22. The molecule has 16 heavy (non-hydrogen) atoms. The van der Waals surface area contributed by atoms with E-state index in [0.717, 1.165) is 11.5 Å². The number of benzene rings is 1. The molecule has 0 amide bonds. The largest absolute Gasteiger partial charge is 0.290 e. The van der Waals surface area contributed by atoms with Crippen LogP contribution in [0.15, 0.2) is 30.3 Å². The van der Waals surface area contributed by atoms with Gasteiger partial charge in [-0.25, -0.2) is 0 Å². The molecule has 1 nitrogen and oxygen atoms in total. The zero-order valence-corrected chi connectivity index (χ0v) is 9.52. The van der Waals surface area contributed by atoms with Gasteiger partial charge in [0, 0.05) is 5.56 Å². The summed E-state index contributed by atoms with van der Waals surface area (Å²) in [5, 5.41) is 0. The summed E-state index contributed by atoms with van der Waals surface area (Å²) in [6, 6.07) is 10.8. The van der Waals surface area contributed by atoms with Crippen molar-refractivity contribution in [2.45, 2.75) is 25.3 Å². The summed E-state index contributed by atoms with van der Waals surface area (Å²) in [5.74, 6) is 7.70. The summed E-state index contributed by atoms with van der Waals surface area (Å²) in [4.78, 5) is 2.55. The Morgan fingerprint density at radius 2 is 1.81 bits per heavy atom. The lowest BCUT2D eigenvalue weighted by molar-refractivity contribution is 0.0782.